The first-order chi connectivity index (χ1) is 59.3. The van der Waals surface area contributed by atoms with E-state index in [2.05, 4.69) is 51.6 Å². The number of para-hydroxylation sites is 5. The summed E-state index contributed by atoms with van der Waals surface area (Å²) in [5.74, 6) is -0.546. The number of imidazole rings is 3. The Balaban J connectivity index is 0.000000198. The van der Waals surface area contributed by atoms with Crippen LogP contribution in [0.3, 0.4) is 0 Å². The second-order valence-electron chi connectivity index (χ2n) is 27.4. The van der Waals surface area contributed by atoms with Gasteiger partial charge in [-0.15, -0.1) is 0 Å². The summed E-state index contributed by atoms with van der Waals surface area (Å²) in [6, 6.07) is 85.2. The molecule has 18 nitrogen and oxygen atoms in total. The number of aryl methyl sites for hydroxylation is 6. The normalized spacial score (nSPS) is 10.4. The van der Waals surface area contributed by atoms with E-state index < -0.39 is 16.4 Å². The standard InChI is InChI=1S/2C15H12Cl2N2.C15H13ClN2O.C14H13ClN2O2.C14H15ClN2.C7H8ClN.C7H6FNO2.C6H5ClO.CH3I.CH4/c2*1-10-3-2-4-13-14(10)19(15(17)18-13)9-11-5-7-12(16)8-6-11;1-10-3-2-4-13-14(10)18(15(19)17-13)9-11-5-7-12(16)8-6-11;1-10-3-2-4-13(17(18)19)14(10)16-9-11-5-7-12(15)8-6-11;1-10-3-2-4-13(16)14(10)17-9-11-5-7-12(15)8-6-11;8-7-3-1-6(5-9)2-4-7;1-5-3-2-4-6(7(5)8)9(10)11;7-5-2-1-3-6(8)4-5;1-2;/h2*2-8H,9H2,1H3;2-8H,9H2,1H3,(H,17,19);2-8,16H,9H2,1H3;2-8,17H,9,16H2,1H3;1-4H,5,9H2;2-4H,1H3;1-4,8H;1H3;1H4/i;;;;;;;;1D;. The molecule has 3 heterocycles. The highest BCUT2D eigenvalue weighted by Crippen LogP contribution is 2.31. The third-order valence-corrected chi connectivity index (χ3v) is 20.8. The van der Waals surface area contributed by atoms with E-state index in [0.717, 1.165) is 122 Å². The first-order valence-corrected chi connectivity index (χ1v) is 42.6. The van der Waals surface area contributed by atoms with E-state index in [1.165, 1.54) is 47.9 Å². The lowest BCUT2D eigenvalue weighted by Crippen LogP contribution is -2.17. The summed E-state index contributed by atoms with van der Waals surface area (Å²) >= 11 is 54.9. The molecule has 0 atom stereocenters. The topological polar surface area (TPSA) is 256 Å². The quantitative estimate of drug-likeness (QED) is 0.0184. The highest BCUT2D eigenvalue weighted by Gasteiger charge is 2.18. The van der Waals surface area contributed by atoms with Crippen molar-refractivity contribution in [3.8, 4) is 5.75 Å². The lowest BCUT2D eigenvalue weighted by molar-refractivity contribution is -0.387. The summed E-state index contributed by atoms with van der Waals surface area (Å²) in [5, 5.41) is 42.3. The molecule has 0 saturated carbocycles. The summed E-state index contributed by atoms with van der Waals surface area (Å²) in [5.41, 5.74) is 31.4. The van der Waals surface area contributed by atoms with Gasteiger partial charge in [-0.2, -0.15) is 4.39 Å². The fraction of sp³-hybridized carbons (Fsp3) is 0.147. The minimum Gasteiger partial charge on any atom is -0.508 e. The van der Waals surface area contributed by atoms with Crippen LogP contribution in [0.25, 0.3) is 33.1 Å². The minimum absolute atomic E-state index is 0. The van der Waals surface area contributed by atoms with Gasteiger partial charge < -0.3 is 41.3 Å². The zero-order valence-corrected chi connectivity index (χ0v) is 76.4. The molecule has 29 heteroatoms. The van der Waals surface area contributed by atoms with Crippen LogP contribution >= 0.6 is 127 Å². The molecule has 0 aliphatic carbocycles. The molecule has 16 aromatic rings. The Labute approximate surface area is 780 Å². The van der Waals surface area contributed by atoms with E-state index in [0.29, 0.717) is 74.5 Å². The van der Waals surface area contributed by atoms with Crippen molar-refractivity contribution in [2.24, 2.45) is 5.73 Å². The average molecular weight is 1960 g/mol. The van der Waals surface area contributed by atoms with E-state index in [4.69, 9.17) is 122 Å². The number of hydrogen-bond donors (Lipinski definition) is 6. The third-order valence-electron chi connectivity index (χ3n) is 18.4. The van der Waals surface area contributed by atoms with Gasteiger partial charge in [0.25, 0.3) is 5.69 Å². The molecule has 16 rings (SSSR count). The monoisotopic (exact) mass is 1960 g/mol. The average Bonchev–Trinajstić information content (AvgIpc) is 1.65. The molecule has 124 heavy (non-hydrogen) atoms. The van der Waals surface area contributed by atoms with Crippen molar-refractivity contribution in [1.82, 2.24) is 28.7 Å². The molecule has 13 aromatic carbocycles. The van der Waals surface area contributed by atoms with Crippen molar-refractivity contribution >= 4 is 189 Å². The first kappa shape index (κ1) is 98.7. The zero-order chi connectivity index (χ0) is 90.1. The number of nitrogens with one attached hydrogen (secondary N) is 3. The fourth-order valence-corrected chi connectivity index (χ4v) is 13.7. The second-order valence-corrected chi connectivity index (χ2v) is 31.1. The molecular weight excluding hydrogens is 1870 g/mol. The Hall–Kier alpha value is -10.7. The highest BCUT2D eigenvalue weighted by molar-refractivity contribution is 14.1. The molecule has 0 bridgehead atoms. The predicted molar refractivity (Wildman–Crippen MR) is 526 cm³/mol. The van der Waals surface area contributed by atoms with Crippen molar-refractivity contribution in [3.63, 3.8) is 0 Å². The van der Waals surface area contributed by atoms with Gasteiger partial charge in [0.1, 0.15) is 11.4 Å². The molecule has 0 amide bonds. The Morgan fingerprint density at radius 1 is 0.435 bits per heavy atom. The number of halogens is 11. The van der Waals surface area contributed by atoms with Crippen molar-refractivity contribution in [3.05, 3.63) is 428 Å². The van der Waals surface area contributed by atoms with Gasteiger partial charge in [-0.3, -0.25) is 24.8 Å². The molecule has 0 aliphatic rings. The number of benzene rings is 13. The Morgan fingerprint density at radius 2 is 0.766 bits per heavy atom. The molecule has 0 fully saturated rings. The molecule has 0 saturated heterocycles. The number of nitrogens with zero attached hydrogens (tertiary/aromatic N) is 7. The van der Waals surface area contributed by atoms with Crippen LogP contribution in [0, 0.1) is 67.6 Å². The van der Waals surface area contributed by atoms with E-state index in [1.807, 2.05) is 253 Å². The highest BCUT2D eigenvalue weighted by atomic mass is 127. The zero-order valence-electron chi connectivity index (χ0n) is 68.4. The van der Waals surface area contributed by atoms with Gasteiger partial charge in [0.2, 0.25) is 16.4 Å². The summed E-state index contributed by atoms with van der Waals surface area (Å²) in [7, 11) is 0. The summed E-state index contributed by atoms with van der Waals surface area (Å²) in [6.07, 6.45) is 0. The number of nitrogens with two attached hydrogens (primary N) is 2. The number of nitro benzene ring substituents is 2. The third kappa shape index (κ3) is 30.3. The van der Waals surface area contributed by atoms with Gasteiger partial charge in [-0.05, 0) is 252 Å². The van der Waals surface area contributed by atoms with Gasteiger partial charge in [0.05, 0.1) is 74.0 Å². The largest absolute Gasteiger partial charge is 0.508 e. The maximum absolute atomic E-state index is 12.8. The van der Waals surface area contributed by atoms with Crippen LogP contribution in [0.4, 0.5) is 32.8 Å². The van der Waals surface area contributed by atoms with E-state index in [-0.39, 0.29) is 29.5 Å². The molecule has 0 aliphatic heterocycles. The predicted octanol–water partition coefficient (Wildman–Crippen LogP) is 28.3. The van der Waals surface area contributed by atoms with Gasteiger partial charge in [0.15, 0.2) is 0 Å². The summed E-state index contributed by atoms with van der Waals surface area (Å²) in [6.45, 7) is 15.3. The van der Waals surface area contributed by atoms with Crippen LogP contribution in [-0.2, 0) is 39.3 Å². The fourth-order valence-electron chi connectivity index (χ4n) is 12.3. The van der Waals surface area contributed by atoms with Crippen LogP contribution in [-0.4, -0.2) is 48.5 Å². The number of H-pyrrole nitrogens is 1. The molecule has 0 unspecified atom stereocenters. The number of phenols is 1. The molecular formula is C95H91Cl9FIN12O6. The number of aromatic nitrogens is 6. The van der Waals surface area contributed by atoms with Gasteiger partial charge in [-0.25, -0.2) is 14.8 Å². The summed E-state index contributed by atoms with van der Waals surface area (Å²) < 4.78 is 24.8. The van der Waals surface area contributed by atoms with Crippen LogP contribution in [0.5, 0.6) is 5.75 Å². The maximum Gasteiger partial charge on any atom is 0.326 e. The van der Waals surface area contributed by atoms with Gasteiger partial charge >= 0.3 is 11.4 Å². The molecule has 3 aromatic heterocycles. The van der Waals surface area contributed by atoms with Crippen molar-refractivity contribution < 1.29 is 20.7 Å². The van der Waals surface area contributed by atoms with Gasteiger partial charge in [0, 0.05) is 68.3 Å². The maximum atomic E-state index is 12.8. The van der Waals surface area contributed by atoms with E-state index in [1.54, 1.807) is 41.0 Å². The Bertz CT molecular complexity index is 6070. The SMILES string of the molecule is C.Cc1cccc(N)c1NCc1ccc(Cl)cc1.Cc1cccc([N+](=O)[O-])c1F.Cc1cccc([N+](=O)[O-])c1NCc1ccc(Cl)cc1.Cc1cccc2[nH]c(=O)n(Cc3ccc(Cl)cc3)c12.Cc1cccc2nc(Cl)n(Cc3ccc(Cl)cc3)c12.Cc1cccc2nc(Cl)n(Cc3ccc(Cl)cc3)c12.NCc1ccc(Cl)cc1.Oc1cccc(Cl)c1.[2H]CI. The van der Waals surface area contributed by atoms with E-state index in [9.17, 15) is 29.4 Å². The van der Waals surface area contributed by atoms with Crippen molar-refractivity contribution in [2.45, 2.75) is 88.2 Å². The van der Waals surface area contributed by atoms with Crippen LogP contribution in [0.2, 0.25) is 45.7 Å². The second kappa shape index (κ2) is 50.3. The number of fused-ring (bicyclic) bond motifs is 3. The number of aromatic amines is 1. The van der Waals surface area contributed by atoms with Crippen LogP contribution < -0.4 is 27.8 Å². The lowest BCUT2D eigenvalue weighted by atomic mass is 10.1. The number of nitro groups is 2. The van der Waals surface area contributed by atoms with E-state index >= 15 is 0 Å². The first-order valence-electron chi connectivity index (χ1n) is 38.4. The number of aromatic hydroxyl groups is 1. The van der Waals surface area contributed by atoms with Crippen molar-refractivity contribution in [1.29, 1.82) is 0 Å². The molecule has 0 spiro atoms. The number of hydrogen-bond acceptors (Lipinski definition) is 12. The minimum atomic E-state index is -0.752. The van der Waals surface area contributed by atoms with Crippen LogP contribution in [0.15, 0.2) is 284 Å². The van der Waals surface area contributed by atoms with Crippen molar-refractivity contribution in [2.75, 3.05) is 21.3 Å². The number of anilines is 3. The Morgan fingerprint density at radius 3 is 1.15 bits per heavy atom. The number of alkyl halides is 1. The molecule has 644 valence electrons. The molecule has 8 N–H and O–H groups in total. The number of rotatable bonds is 15. The Kier molecular flexibility index (Phi) is 40.1. The van der Waals surface area contributed by atoms with Crippen LogP contribution in [0.1, 0.15) is 75.6 Å². The molecule has 0 radical (unpaired) electrons. The lowest BCUT2D eigenvalue weighted by Gasteiger charge is -2.12. The number of nitrogen functional groups attached to an aromatic ring is 1. The summed E-state index contributed by atoms with van der Waals surface area (Å²) in [4.78, 5) is 44.2. The number of phenolic OH excluding ortho intramolecular Hbond substituents is 1. The van der Waals surface area contributed by atoms with Gasteiger partial charge in [-0.1, -0.05) is 263 Å². The smallest absolute Gasteiger partial charge is 0.326 e.